The molecule has 26 heavy (non-hydrogen) atoms. The van der Waals surface area contributed by atoms with Gasteiger partial charge in [-0.3, -0.25) is 14.9 Å². The van der Waals surface area contributed by atoms with Gasteiger partial charge in [0.2, 0.25) is 5.91 Å². The third-order valence-electron chi connectivity index (χ3n) is 4.30. The number of nitro groups is 1. The van der Waals surface area contributed by atoms with Crippen LogP contribution in [0.15, 0.2) is 24.3 Å². The summed E-state index contributed by atoms with van der Waals surface area (Å²) >= 11 is 0. The van der Waals surface area contributed by atoms with E-state index >= 15 is 0 Å². The highest BCUT2D eigenvalue weighted by Crippen LogP contribution is 2.29. The van der Waals surface area contributed by atoms with Gasteiger partial charge in [-0.2, -0.15) is 0 Å². The number of carbonyl (C=O) groups excluding carboxylic acids is 3. The highest BCUT2D eigenvalue weighted by molar-refractivity contribution is 5.89. The molecule has 0 N–H and O–H groups in total. The van der Waals surface area contributed by atoms with Crippen molar-refractivity contribution in [1.29, 1.82) is 0 Å². The third kappa shape index (κ3) is 4.16. The molecule has 9 heteroatoms. The fourth-order valence-corrected chi connectivity index (χ4v) is 2.51. The van der Waals surface area contributed by atoms with Crippen LogP contribution in [-0.2, 0) is 25.7 Å². The van der Waals surface area contributed by atoms with E-state index < -0.39 is 28.6 Å². The van der Waals surface area contributed by atoms with E-state index in [4.69, 9.17) is 9.47 Å². The first-order chi connectivity index (χ1) is 12.2. The van der Waals surface area contributed by atoms with Crippen molar-refractivity contribution in [2.45, 2.75) is 39.0 Å². The molecule has 2 atom stereocenters. The van der Waals surface area contributed by atoms with Crippen LogP contribution < -0.4 is 0 Å². The smallest absolute Gasteiger partial charge is 0.430 e. The lowest BCUT2D eigenvalue weighted by Gasteiger charge is -2.47. The Hall–Kier alpha value is -2.97. The van der Waals surface area contributed by atoms with Crippen molar-refractivity contribution < 1.29 is 28.8 Å². The maximum absolute atomic E-state index is 12.1. The number of benzene rings is 1. The Labute approximate surface area is 150 Å². The molecule has 0 saturated carbocycles. The summed E-state index contributed by atoms with van der Waals surface area (Å²) in [6.07, 6.45) is -0.923. The fourth-order valence-electron chi connectivity index (χ4n) is 2.51. The fraction of sp³-hybridized carbons (Fsp3) is 0.471. The number of amides is 1. The molecule has 1 heterocycles. The summed E-state index contributed by atoms with van der Waals surface area (Å²) in [5, 5.41) is 10.6. The van der Waals surface area contributed by atoms with E-state index in [-0.39, 0.29) is 18.2 Å². The lowest BCUT2D eigenvalue weighted by Crippen LogP contribution is -2.64. The summed E-state index contributed by atoms with van der Waals surface area (Å²) < 4.78 is 10.1. The molecule has 0 aliphatic carbocycles. The van der Waals surface area contributed by atoms with Crippen molar-refractivity contribution in [2.24, 2.45) is 5.92 Å². The van der Waals surface area contributed by atoms with Gasteiger partial charge in [0.1, 0.15) is 19.0 Å². The summed E-state index contributed by atoms with van der Waals surface area (Å²) in [5.74, 6) is -0.765. The zero-order chi connectivity index (χ0) is 19.5. The van der Waals surface area contributed by atoms with Crippen molar-refractivity contribution in [2.75, 3.05) is 6.54 Å². The number of hydrogen-bond acceptors (Lipinski definition) is 7. The molecule has 1 fully saturated rings. The zero-order valence-electron chi connectivity index (χ0n) is 14.7. The normalized spacial score (nSPS) is 17.9. The third-order valence-corrected chi connectivity index (χ3v) is 4.30. The largest absolute Gasteiger partial charge is 0.508 e. The molecule has 0 aromatic heterocycles. The predicted octanol–water partition coefficient (Wildman–Crippen LogP) is 2.07. The van der Waals surface area contributed by atoms with Crippen molar-refractivity contribution >= 4 is 24.0 Å². The van der Waals surface area contributed by atoms with E-state index in [1.54, 1.807) is 20.8 Å². The topological polar surface area (TPSA) is 116 Å². The van der Waals surface area contributed by atoms with Crippen LogP contribution in [0.3, 0.4) is 0 Å². The van der Waals surface area contributed by atoms with Gasteiger partial charge in [0.25, 0.3) is 5.69 Å². The van der Waals surface area contributed by atoms with Crippen molar-refractivity contribution in [3.05, 3.63) is 39.9 Å². The molecule has 0 radical (unpaired) electrons. The maximum Gasteiger partial charge on any atom is 0.508 e. The Bertz CT molecular complexity index is 714. The molecule has 1 aromatic carbocycles. The zero-order valence-corrected chi connectivity index (χ0v) is 14.7. The Kier molecular flexibility index (Phi) is 5.59. The number of rotatable bonds is 7. The van der Waals surface area contributed by atoms with Crippen LogP contribution in [0.1, 0.15) is 26.3 Å². The van der Waals surface area contributed by atoms with E-state index in [1.807, 2.05) is 0 Å². The molecule has 140 valence electrons. The van der Waals surface area contributed by atoms with Crippen LogP contribution >= 0.6 is 0 Å². The first-order valence-electron chi connectivity index (χ1n) is 8.00. The molecule has 9 nitrogen and oxygen atoms in total. The summed E-state index contributed by atoms with van der Waals surface area (Å²) in [5.41, 5.74) is -0.376. The lowest BCUT2D eigenvalue weighted by molar-refractivity contribution is -0.384. The van der Waals surface area contributed by atoms with Crippen molar-refractivity contribution in [3.63, 3.8) is 0 Å². The molecule has 2 unspecified atom stereocenters. The SMILES string of the molecule is CC(OC(=O)OCc1ccc([N+](=O)[O-])cc1)C1CN(C(C)(C)C=O)C1=O. The minimum atomic E-state index is -0.934. The predicted molar refractivity (Wildman–Crippen MR) is 89.2 cm³/mol. The summed E-state index contributed by atoms with van der Waals surface area (Å²) in [7, 11) is 0. The number of hydrogen-bond donors (Lipinski definition) is 0. The Morgan fingerprint density at radius 1 is 1.42 bits per heavy atom. The summed E-state index contributed by atoms with van der Waals surface area (Å²) in [6.45, 7) is 5.07. The monoisotopic (exact) mass is 364 g/mol. The molecule has 0 bridgehead atoms. The molecule has 1 saturated heterocycles. The lowest BCUT2D eigenvalue weighted by atomic mass is 9.88. The second-order valence-electron chi connectivity index (χ2n) is 6.61. The Morgan fingerprint density at radius 3 is 2.54 bits per heavy atom. The Morgan fingerprint density at radius 2 is 2.04 bits per heavy atom. The minimum Gasteiger partial charge on any atom is -0.430 e. The average molecular weight is 364 g/mol. The van der Waals surface area contributed by atoms with Gasteiger partial charge < -0.3 is 19.2 Å². The van der Waals surface area contributed by atoms with Gasteiger partial charge in [-0.15, -0.1) is 0 Å². The van der Waals surface area contributed by atoms with Gasteiger partial charge in [0, 0.05) is 18.7 Å². The average Bonchev–Trinajstić information content (AvgIpc) is 2.58. The standard InChI is InChI=1S/C17H20N2O7/c1-11(14-8-18(15(14)21)17(2,3)10-20)26-16(22)25-9-12-4-6-13(7-5-12)19(23)24/h4-7,10-11,14H,8-9H2,1-3H3. The summed E-state index contributed by atoms with van der Waals surface area (Å²) in [4.78, 5) is 46.4. The molecule has 2 rings (SSSR count). The van der Waals surface area contributed by atoms with Crippen LogP contribution in [-0.4, -0.2) is 46.4 Å². The number of β-lactam (4-membered cyclic amide) rings is 1. The number of carbonyl (C=O) groups is 3. The first-order valence-corrected chi connectivity index (χ1v) is 8.00. The van der Waals surface area contributed by atoms with Gasteiger partial charge in [-0.05, 0) is 38.5 Å². The van der Waals surface area contributed by atoms with E-state index in [9.17, 15) is 24.5 Å². The molecular weight excluding hydrogens is 344 g/mol. The number of nitro benzene ring substituents is 1. The van der Waals surface area contributed by atoms with Gasteiger partial charge in [0.15, 0.2) is 0 Å². The molecule has 1 aromatic rings. The molecular formula is C17H20N2O7. The minimum absolute atomic E-state index is 0.0590. The van der Waals surface area contributed by atoms with Gasteiger partial charge >= 0.3 is 6.16 Å². The van der Waals surface area contributed by atoms with Crippen LogP contribution in [0.25, 0.3) is 0 Å². The van der Waals surface area contributed by atoms with Gasteiger partial charge in [-0.1, -0.05) is 0 Å². The highest BCUT2D eigenvalue weighted by atomic mass is 16.7. The highest BCUT2D eigenvalue weighted by Gasteiger charge is 2.48. The van der Waals surface area contributed by atoms with Crippen LogP contribution in [0.5, 0.6) is 0 Å². The quantitative estimate of drug-likeness (QED) is 0.239. The second kappa shape index (κ2) is 7.51. The van der Waals surface area contributed by atoms with Crippen molar-refractivity contribution in [1.82, 2.24) is 4.90 Å². The Balaban J connectivity index is 1.80. The second-order valence-corrected chi connectivity index (χ2v) is 6.61. The number of likely N-dealkylation sites (tertiary alicyclic amines) is 1. The summed E-state index contributed by atoms with van der Waals surface area (Å²) in [6, 6.07) is 5.57. The van der Waals surface area contributed by atoms with Gasteiger partial charge in [-0.25, -0.2) is 4.79 Å². The maximum atomic E-state index is 12.1. The van der Waals surface area contributed by atoms with Crippen molar-refractivity contribution in [3.8, 4) is 0 Å². The number of ether oxygens (including phenoxy) is 2. The number of non-ortho nitro benzene ring substituents is 1. The molecule has 1 amide bonds. The number of aldehydes is 1. The van der Waals surface area contributed by atoms with Crippen LogP contribution in [0.2, 0.25) is 0 Å². The molecule has 1 aliphatic heterocycles. The van der Waals surface area contributed by atoms with E-state index in [1.165, 1.54) is 29.2 Å². The van der Waals surface area contributed by atoms with E-state index in [0.717, 1.165) is 0 Å². The number of nitrogens with zero attached hydrogens (tertiary/aromatic N) is 2. The molecule has 0 spiro atoms. The van der Waals surface area contributed by atoms with E-state index in [2.05, 4.69) is 0 Å². The molecule has 1 aliphatic rings. The first kappa shape index (κ1) is 19.4. The van der Waals surface area contributed by atoms with Crippen LogP contribution in [0, 0.1) is 16.0 Å². The van der Waals surface area contributed by atoms with Crippen LogP contribution in [0.4, 0.5) is 10.5 Å². The van der Waals surface area contributed by atoms with Gasteiger partial charge in [0.05, 0.1) is 16.4 Å². The van der Waals surface area contributed by atoms with E-state index in [0.29, 0.717) is 18.4 Å².